The molecule has 0 bridgehead atoms. The van der Waals surface area contributed by atoms with Crippen LogP contribution in [0.2, 0.25) is 0 Å². The quantitative estimate of drug-likeness (QED) is 0.267. The van der Waals surface area contributed by atoms with Crippen LogP contribution in [0.1, 0.15) is 77.0 Å². The van der Waals surface area contributed by atoms with E-state index in [4.69, 9.17) is 10.5 Å². The molecule has 4 amide bonds. The topological polar surface area (TPSA) is 151 Å². The third kappa shape index (κ3) is 10.2. The van der Waals surface area contributed by atoms with Gasteiger partial charge in [0.25, 0.3) is 5.91 Å². The zero-order chi connectivity index (χ0) is 29.9. The van der Waals surface area contributed by atoms with Crippen LogP contribution in [0.25, 0.3) is 0 Å². The number of aromatic hydroxyl groups is 1. The van der Waals surface area contributed by atoms with Crippen molar-refractivity contribution >= 4 is 29.5 Å². The van der Waals surface area contributed by atoms with Crippen LogP contribution >= 0.6 is 0 Å². The van der Waals surface area contributed by atoms with Crippen molar-refractivity contribution in [2.24, 2.45) is 5.73 Å². The predicted octanol–water partition coefficient (Wildman–Crippen LogP) is 4.56. The van der Waals surface area contributed by atoms with Gasteiger partial charge in [-0.2, -0.15) is 0 Å². The lowest BCUT2D eigenvalue weighted by Gasteiger charge is -2.34. The van der Waals surface area contributed by atoms with Crippen molar-refractivity contribution in [1.82, 2.24) is 10.2 Å². The molecule has 2 unspecified atom stereocenters. The fourth-order valence-electron chi connectivity index (χ4n) is 4.14. The maximum atomic E-state index is 14.1. The van der Waals surface area contributed by atoms with Crippen LogP contribution < -0.4 is 16.4 Å². The Kier molecular flexibility index (Phi) is 12.0. The Hall–Kier alpha value is -4.08. The van der Waals surface area contributed by atoms with Crippen molar-refractivity contribution < 1.29 is 29.0 Å². The summed E-state index contributed by atoms with van der Waals surface area (Å²) in [6.07, 6.45) is 1.23. The van der Waals surface area contributed by atoms with Gasteiger partial charge in [0.05, 0.1) is 0 Å². The molecule has 2 aromatic carbocycles. The molecule has 0 spiro atoms. The molecule has 218 valence electrons. The van der Waals surface area contributed by atoms with Crippen LogP contribution in [-0.2, 0) is 19.1 Å². The van der Waals surface area contributed by atoms with Crippen LogP contribution in [0, 0.1) is 6.92 Å². The Balaban J connectivity index is 2.54. The minimum Gasteiger partial charge on any atom is -0.508 e. The second-order valence-electron chi connectivity index (χ2n) is 10.7. The van der Waals surface area contributed by atoms with Gasteiger partial charge >= 0.3 is 6.09 Å². The van der Waals surface area contributed by atoms with E-state index >= 15 is 0 Å². The van der Waals surface area contributed by atoms with Crippen LogP contribution in [0.15, 0.2) is 48.5 Å². The molecule has 10 nitrogen and oxygen atoms in total. The molecule has 0 fully saturated rings. The molecule has 0 radical (unpaired) electrons. The Morgan fingerprint density at radius 1 is 1.02 bits per heavy atom. The lowest BCUT2D eigenvalue weighted by molar-refractivity contribution is -0.141. The molecule has 2 rings (SSSR count). The van der Waals surface area contributed by atoms with Crippen LogP contribution in [0.5, 0.6) is 5.75 Å². The number of carbonyl (C=O) groups is 4. The number of amides is 4. The fraction of sp³-hybridized carbons (Fsp3) is 0.467. The van der Waals surface area contributed by atoms with Gasteiger partial charge in [0.15, 0.2) is 0 Å². The SMILES string of the molecule is CCCCCN(C(=O)C(CCC(N)=O)NC(=O)OC(C)(C)C)C(C(=O)Nc1ccccc1C)c1ccc(O)cc1. The first-order chi connectivity index (χ1) is 18.8. The van der Waals surface area contributed by atoms with Crippen molar-refractivity contribution in [1.29, 1.82) is 0 Å². The molecule has 0 aliphatic heterocycles. The number of alkyl carbamates (subject to hydrolysis) is 1. The average molecular weight is 555 g/mol. The number of nitrogens with two attached hydrogens (primary N) is 1. The summed E-state index contributed by atoms with van der Waals surface area (Å²) in [5.41, 5.74) is 6.46. The maximum Gasteiger partial charge on any atom is 0.408 e. The van der Waals surface area contributed by atoms with E-state index in [0.717, 1.165) is 18.4 Å². The molecular weight excluding hydrogens is 512 g/mol. The number of aryl methyl sites for hydroxylation is 1. The van der Waals surface area contributed by atoms with E-state index in [0.29, 0.717) is 17.7 Å². The molecule has 0 aliphatic rings. The summed E-state index contributed by atoms with van der Waals surface area (Å²) in [5, 5.41) is 15.4. The number of nitrogens with one attached hydrogen (secondary N) is 2. The fourth-order valence-corrected chi connectivity index (χ4v) is 4.14. The van der Waals surface area contributed by atoms with Gasteiger partial charge < -0.3 is 31.1 Å². The Morgan fingerprint density at radius 3 is 2.25 bits per heavy atom. The molecule has 0 heterocycles. The number of para-hydroxylation sites is 1. The van der Waals surface area contributed by atoms with E-state index in [1.807, 2.05) is 26.0 Å². The third-order valence-electron chi connectivity index (χ3n) is 6.13. The van der Waals surface area contributed by atoms with Gasteiger partial charge in [-0.1, -0.05) is 50.1 Å². The van der Waals surface area contributed by atoms with E-state index in [9.17, 15) is 24.3 Å². The van der Waals surface area contributed by atoms with Crippen molar-refractivity contribution in [3.8, 4) is 5.75 Å². The Bertz CT molecular complexity index is 1160. The van der Waals surface area contributed by atoms with E-state index in [-0.39, 0.29) is 25.1 Å². The van der Waals surface area contributed by atoms with E-state index in [1.54, 1.807) is 45.0 Å². The smallest absolute Gasteiger partial charge is 0.408 e. The Morgan fingerprint density at radius 2 is 1.68 bits per heavy atom. The monoisotopic (exact) mass is 554 g/mol. The second-order valence-corrected chi connectivity index (χ2v) is 10.7. The van der Waals surface area contributed by atoms with Crippen molar-refractivity contribution in [2.45, 2.75) is 84.4 Å². The number of unbranched alkanes of at least 4 members (excludes halogenated alkanes) is 2. The van der Waals surface area contributed by atoms with Crippen molar-refractivity contribution in [3.63, 3.8) is 0 Å². The minimum atomic E-state index is -1.17. The highest BCUT2D eigenvalue weighted by Crippen LogP contribution is 2.28. The molecule has 0 saturated carbocycles. The summed E-state index contributed by atoms with van der Waals surface area (Å²) in [5.74, 6) is -1.64. The zero-order valence-electron chi connectivity index (χ0n) is 24.0. The normalized spacial score (nSPS) is 12.6. The number of phenols is 1. The first-order valence-corrected chi connectivity index (χ1v) is 13.6. The summed E-state index contributed by atoms with van der Waals surface area (Å²) in [6.45, 7) is 9.18. The largest absolute Gasteiger partial charge is 0.508 e. The Labute approximate surface area is 236 Å². The molecule has 10 heteroatoms. The number of anilines is 1. The summed E-state index contributed by atoms with van der Waals surface area (Å²) in [6, 6.07) is 11.1. The number of carbonyl (C=O) groups excluding carboxylic acids is 4. The number of phenolic OH excluding ortho intramolecular Hbond substituents is 1. The standard InChI is InChI=1S/C30H42N4O6/c1-6-7-10-19-34(28(38)24(17-18-25(31)36)33-29(39)40-30(3,4)5)26(21-13-15-22(35)16-14-21)27(37)32-23-12-9-8-11-20(23)2/h8-9,11-16,24,26,35H,6-7,10,17-19H2,1-5H3,(H2,31,36)(H,32,37)(H,33,39). The number of nitrogens with zero attached hydrogens (tertiary/aromatic N) is 1. The molecule has 5 N–H and O–H groups in total. The lowest BCUT2D eigenvalue weighted by Crippen LogP contribution is -2.52. The number of hydrogen-bond donors (Lipinski definition) is 4. The molecule has 0 saturated heterocycles. The van der Waals surface area contributed by atoms with E-state index < -0.39 is 41.5 Å². The minimum absolute atomic E-state index is 0.0107. The van der Waals surface area contributed by atoms with Gasteiger partial charge in [-0.25, -0.2) is 4.79 Å². The van der Waals surface area contributed by atoms with E-state index in [2.05, 4.69) is 10.6 Å². The van der Waals surface area contributed by atoms with Crippen molar-refractivity contribution in [2.75, 3.05) is 11.9 Å². The van der Waals surface area contributed by atoms with Crippen LogP contribution in [0.4, 0.5) is 10.5 Å². The number of ether oxygens (including phenoxy) is 1. The first-order valence-electron chi connectivity index (χ1n) is 13.6. The van der Waals surface area contributed by atoms with Gasteiger partial charge in [-0.05, 0) is 69.9 Å². The average Bonchev–Trinajstić information content (AvgIpc) is 2.86. The molecule has 0 aliphatic carbocycles. The van der Waals surface area contributed by atoms with Crippen molar-refractivity contribution in [3.05, 3.63) is 59.7 Å². The van der Waals surface area contributed by atoms with E-state index in [1.165, 1.54) is 17.0 Å². The molecule has 2 atom stereocenters. The van der Waals surface area contributed by atoms with Gasteiger partial charge in [0.1, 0.15) is 23.4 Å². The van der Waals surface area contributed by atoms with Gasteiger partial charge in [0.2, 0.25) is 11.8 Å². The predicted molar refractivity (Wildman–Crippen MR) is 153 cm³/mol. The molecular formula is C30H42N4O6. The van der Waals surface area contributed by atoms with Gasteiger partial charge in [0, 0.05) is 18.7 Å². The zero-order valence-corrected chi connectivity index (χ0v) is 24.0. The lowest BCUT2D eigenvalue weighted by atomic mass is 10.0. The molecule has 40 heavy (non-hydrogen) atoms. The first kappa shape index (κ1) is 32.1. The number of hydrogen-bond acceptors (Lipinski definition) is 6. The summed E-state index contributed by atoms with van der Waals surface area (Å²) >= 11 is 0. The van der Waals surface area contributed by atoms with Gasteiger partial charge in [-0.15, -0.1) is 0 Å². The summed E-state index contributed by atoms with van der Waals surface area (Å²) in [4.78, 5) is 53.7. The molecule has 2 aromatic rings. The van der Waals surface area contributed by atoms with Crippen LogP contribution in [-0.4, -0.2) is 52.0 Å². The highest BCUT2D eigenvalue weighted by molar-refractivity contribution is 5.99. The summed E-state index contributed by atoms with van der Waals surface area (Å²) < 4.78 is 5.36. The second kappa shape index (κ2) is 14.9. The number of primary amides is 1. The van der Waals surface area contributed by atoms with Crippen LogP contribution in [0.3, 0.4) is 0 Å². The number of benzene rings is 2. The highest BCUT2D eigenvalue weighted by atomic mass is 16.6. The summed E-state index contributed by atoms with van der Waals surface area (Å²) in [7, 11) is 0. The highest BCUT2D eigenvalue weighted by Gasteiger charge is 2.36. The number of rotatable bonds is 13. The van der Waals surface area contributed by atoms with Gasteiger partial charge in [-0.3, -0.25) is 14.4 Å². The third-order valence-corrected chi connectivity index (χ3v) is 6.13. The molecule has 0 aromatic heterocycles. The maximum absolute atomic E-state index is 14.1.